The predicted molar refractivity (Wildman–Crippen MR) is 67.0 cm³/mol. The highest BCUT2D eigenvalue weighted by atomic mass is 16.2. The number of amides is 2. The lowest BCUT2D eigenvalue weighted by molar-refractivity contribution is 0.246. The maximum absolute atomic E-state index is 11.8. The molecule has 90 valence electrons. The first-order valence-electron chi connectivity index (χ1n) is 5.58. The van der Waals surface area contributed by atoms with Crippen molar-refractivity contribution in [3.63, 3.8) is 0 Å². The summed E-state index contributed by atoms with van der Waals surface area (Å²) in [5.41, 5.74) is 1.97. The van der Waals surface area contributed by atoms with E-state index in [0.717, 1.165) is 5.70 Å². The van der Waals surface area contributed by atoms with Gasteiger partial charge in [0.15, 0.2) is 11.5 Å². The Bertz CT molecular complexity index is 639. The van der Waals surface area contributed by atoms with E-state index in [9.17, 15) is 4.79 Å². The van der Waals surface area contributed by atoms with Crippen LogP contribution in [0.4, 0.5) is 10.6 Å². The van der Waals surface area contributed by atoms with Gasteiger partial charge < -0.3 is 5.32 Å². The zero-order valence-electron chi connectivity index (χ0n) is 9.63. The molecule has 3 rings (SSSR count). The summed E-state index contributed by atoms with van der Waals surface area (Å²) < 4.78 is 0. The number of carbonyl (C=O) groups excluding carboxylic acids is 1. The molecule has 0 aromatic carbocycles. The lowest BCUT2D eigenvalue weighted by atomic mass is 10.2. The molecule has 1 aliphatic heterocycles. The fraction of sp³-hybridized carbons (Fsp3) is 0.167. The highest BCUT2D eigenvalue weighted by Gasteiger charge is 2.22. The molecule has 2 aromatic rings. The third-order valence-electron chi connectivity index (χ3n) is 2.75. The lowest BCUT2D eigenvalue weighted by Crippen LogP contribution is -2.45. The zero-order chi connectivity index (χ0) is 12.5. The predicted octanol–water partition coefficient (Wildman–Crippen LogP) is 1.46. The number of urea groups is 1. The van der Waals surface area contributed by atoms with Gasteiger partial charge in [-0.3, -0.25) is 4.90 Å². The molecule has 1 N–H and O–H groups in total. The summed E-state index contributed by atoms with van der Waals surface area (Å²) in [6.07, 6.45) is 3.93. The van der Waals surface area contributed by atoms with Crippen molar-refractivity contribution in [2.45, 2.75) is 6.42 Å². The van der Waals surface area contributed by atoms with Crippen LogP contribution in [0.5, 0.6) is 0 Å². The summed E-state index contributed by atoms with van der Waals surface area (Å²) in [7, 11) is 0. The Morgan fingerprint density at radius 1 is 1.39 bits per heavy atom. The fourth-order valence-corrected chi connectivity index (χ4v) is 1.82. The summed E-state index contributed by atoms with van der Waals surface area (Å²) in [6, 6.07) is 3.39. The average Bonchev–Trinajstić information content (AvgIpc) is 2.38. The maximum Gasteiger partial charge on any atom is 0.327 e. The minimum Gasteiger partial charge on any atom is -0.312 e. The van der Waals surface area contributed by atoms with Crippen LogP contribution in [0.1, 0.15) is 6.42 Å². The molecule has 0 radical (unpaired) electrons. The first-order valence-corrected chi connectivity index (χ1v) is 5.58. The van der Waals surface area contributed by atoms with Crippen LogP contribution in [0.2, 0.25) is 0 Å². The van der Waals surface area contributed by atoms with Crippen LogP contribution in [0, 0.1) is 0 Å². The molecule has 6 nitrogen and oxygen atoms in total. The fourth-order valence-electron chi connectivity index (χ4n) is 1.82. The molecule has 2 amide bonds. The average molecular weight is 241 g/mol. The van der Waals surface area contributed by atoms with Gasteiger partial charge in [0.1, 0.15) is 5.52 Å². The van der Waals surface area contributed by atoms with Crippen molar-refractivity contribution in [2.75, 3.05) is 11.4 Å². The monoisotopic (exact) mass is 241 g/mol. The summed E-state index contributed by atoms with van der Waals surface area (Å²) in [5.74, 6) is 0.528. The molecule has 0 spiro atoms. The van der Waals surface area contributed by atoms with Gasteiger partial charge in [0.25, 0.3) is 0 Å². The second-order valence-corrected chi connectivity index (χ2v) is 4.01. The number of rotatable bonds is 1. The van der Waals surface area contributed by atoms with Crippen LogP contribution in [-0.4, -0.2) is 27.5 Å². The number of nitrogens with zero attached hydrogens (tertiary/aromatic N) is 4. The van der Waals surface area contributed by atoms with E-state index in [2.05, 4.69) is 26.8 Å². The first kappa shape index (κ1) is 10.6. The summed E-state index contributed by atoms with van der Waals surface area (Å²) in [4.78, 5) is 26.0. The summed E-state index contributed by atoms with van der Waals surface area (Å²) in [6.45, 7) is 4.30. The van der Waals surface area contributed by atoms with E-state index in [1.807, 2.05) is 6.07 Å². The second kappa shape index (κ2) is 4.06. The van der Waals surface area contributed by atoms with Crippen molar-refractivity contribution in [1.82, 2.24) is 20.3 Å². The molecule has 2 aromatic heterocycles. The van der Waals surface area contributed by atoms with Crippen molar-refractivity contribution in [3.8, 4) is 0 Å². The number of anilines is 1. The Labute approximate surface area is 103 Å². The Balaban J connectivity index is 1.99. The molecule has 0 saturated carbocycles. The van der Waals surface area contributed by atoms with Gasteiger partial charge in [-0.05, 0) is 12.1 Å². The minimum atomic E-state index is -0.219. The number of fused-ring (bicyclic) bond motifs is 1. The van der Waals surface area contributed by atoms with Crippen LogP contribution in [0.3, 0.4) is 0 Å². The van der Waals surface area contributed by atoms with Crippen molar-refractivity contribution in [2.24, 2.45) is 0 Å². The smallest absolute Gasteiger partial charge is 0.312 e. The summed E-state index contributed by atoms with van der Waals surface area (Å²) >= 11 is 0. The molecular weight excluding hydrogens is 230 g/mol. The van der Waals surface area contributed by atoms with E-state index in [4.69, 9.17) is 0 Å². The normalized spacial score (nSPS) is 15.9. The zero-order valence-corrected chi connectivity index (χ0v) is 9.63. The first-order chi connectivity index (χ1) is 8.74. The molecule has 1 fully saturated rings. The van der Waals surface area contributed by atoms with Gasteiger partial charge >= 0.3 is 6.03 Å². The minimum absolute atomic E-state index is 0.219. The third-order valence-corrected chi connectivity index (χ3v) is 2.75. The molecule has 0 atom stereocenters. The molecule has 0 unspecified atom stereocenters. The number of carbonyl (C=O) groups is 1. The van der Waals surface area contributed by atoms with Crippen molar-refractivity contribution in [3.05, 3.63) is 36.8 Å². The molecule has 0 bridgehead atoms. The molecule has 1 aliphatic rings. The topological polar surface area (TPSA) is 71.0 Å². The van der Waals surface area contributed by atoms with Gasteiger partial charge in [-0.15, -0.1) is 0 Å². The molecular formula is C12H11N5O. The van der Waals surface area contributed by atoms with Gasteiger partial charge in [0, 0.05) is 24.9 Å². The molecule has 0 aliphatic carbocycles. The molecule has 6 heteroatoms. The van der Waals surface area contributed by atoms with E-state index in [-0.39, 0.29) is 6.03 Å². The Morgan fingerprint density at radius 3 is 3.11 bits per heavy atom. The Kier molecular flexibility index (Phi) is 2.40. The van der Waals surface area contributed by atoms with E-state index in [1.54, 1.807) is 23.4 Å². The van der Waals surface area contributed by atoms with Gasteiger partial charge in [-0.2, -0.15) is 0 Å². The highest BCUT2D eigenvalue weighted by Crippen LogP contribution is 2.17. The highest BCUT2D eigenvalue weighted by molar-refractivity contribution is 5.93. The molecule has 1 saturated heterocycles. The van der Waals surface area contributed by atoms with Crippen molar-refractivity contribution >= 4 is 23.0 Å². The van der Waals surface area contributed by atoms with Crippen molar-refractivity contribution < 1.29 is 4.79 Å². The number of pyridine rings is 1. The number of nitrogens with one attached hydrogen (secondary N) is 1. The van der Waals surface area contributed by atoms with Crippen LogP contribution < -0.4 is 10.2 Å². The molecule has 18 heavy (non-hydrogen) atoms. The van der Waals surface area contributed by atoms with Gasteiger partial charge in [-0.25, -0.2) is 19.7 Å². The van der Waals surface area contributed by atoms with Crippen LogP contribution in [-0.2, 0) is 0 Å². The lowest BCUT2D eigenvalue weighted by Gasteiger charge is -2.27. The number of aromatic nitrogens is 3. The van der Waals surface area contributed by atoms with E-state index in [1.165, 1.54) is 0 Å². The number of hydrogen-bond donors (Lipinski definition) is 1. The SMILES string of the molecule is C=C1CCN(c2cnc3ncccc3n2)C(=O)N1. The Hall–Kier alpha value is -2.50. The van der Waals surface area contributed by atoms with Gasteiger partial charge in [0.2, 0.25) is 0 Å². The third kappa shape index (κ3) is 1.77. The van der Waals surface area contributed by atoms with Crippen LogP contribution in [0.15, 0.2) is 36.8 Å². The maximum atomic E-state index is 11.8. The van der Waals surface area contributed by atoms with Gasteiger partial charge in [0.05, 0.1) is 6.20 Å². The van der Waals surface area contributed by atoms with Gasteiger partial charge in [-0.1, -0.05) is 6.58 Å². The number of hydrogen-bond acceptors (Lipinski definition) is 4. The van der Waals surface area contributed by atoms with Crippen molar-refractivity contribution in [1.29, 1.82) is 0 Å². The quantitative estimate of drug-likeness (QED) is 0.820. The Morgan fingerprint density at radius 2 is 2.28 bits per heavy atom. The van der Waals surface area contributed by atoms with E-state index in [0.29, 0.717) is 29.9 Å². The molecule has 3 heterocycles. The largest absolute Gasteiger partial charge is 0.327 e. The van der Waals surface area contributed by atoms with E-state index < -0.39 is 0 Å². The second-order valence-electron chi connectivity index (χ2n) is 4.01. The van der Waals surface area contributed by atoms with Crippen LogP contribution in [0.25, 0.3) is 11.2 Å². The standard InChI is InChI=1S/C12H11N5O/c1-8-4-6-17(12(18)15-8)10-7-14-11-9(16-10)3-2-5-13-11/h2-3,5,7H,1,4,6H2,(H,15,18). The summed E-state index contributed by atoms with van der Waals surface area (Å²) in [5, 5.41) is 2.69. The van der Waals surface area contributed by atoms with E-state index >= 15 is 0 Å². The van der Waals surface area contributed by atoms with Crippen LogP contribution >= 0.6 is 0 Å².